The van der Waals surface area contributed by atoms with E-state index >= 15 is 0 Å². The molecule has 4 nitrogen and oxygen atoms in total. The van der Waals surface area contributed by atoms with Crippen LogP contribution in [0.1, 0.15) is 54.1 Å². The van der Waals surface area contributed by atoms with Crippen molar-refractivity contribution >= 4 is 23.2 Å². The van der Waals surface area contributed by atoms with Crippen LogP contribution in [0.4, 0.5) is 28.9 Å². The van der Waals surface area contributed by atoms with Gasteiger partial charge in [0.15, 0.2) is 0 Å². The van der Waals surface area contributed by atoms with E-state index in [2.05, 4.69) is 0 Å². The summed E-state index contributed by atoms with van der Waals surface area (Å²) in [5, 5.41) is 0. The molecule has 0 radical (unpaired) electrons. The molecule has 8 aromatic carbocycles. The van der Waals surface area contributed by atoms with E-state index in [1.165, 1.54) is 21.9 Å². The average molecular weight is 879 g/mol. The number of carbonyl (C=O) groups is 2. The number of rotatable bonds is 8. The molecule has 0 saturated carbocycles. The smallest absolute Gasteiger partial charge is 0.355 e. The van der Waals surface area contributed by atoms with Gasteiger partial charge in [-0.25, -0.2) is 41.8 Å². The van der Waals surface area contributed by atoms with Crippen molar-refractivity contribution in [2.45, 2.75) is 40.8 Å². The number of halogens is 4. The van der Waals surface area contributed by atoms with Crippen LogP contribution in [0.2, 0.25) is 0 Å². The van der Waals surface area contributed by atoms with Gasteiger partial charge in [-0.1, -0.05) is 95.1 Å². The number of aryl methyl sites for hydroxylation is 4. The van der Waals surface area contributed by atoms with Gasteiger partial charge < -0.3 is 9.80 Å². The summed E-state index contributed by atoms with van der Waals surface area (Å²) < 4.78 is 55.1. The Morgan fingerprint density at radius 3 is 0.984 bits per heavy atom. The van der Waals surface area contributed by atoms with Gasteiger partial charge >= 0.3 is 21.7 Å². The number of hydrogen-bond donors (Lipinski definition) is 0. The zero-order chi connectivity index (χ0) is 44.4. The van der Waals surface area contributed by atoms with Crippen LogP contribution >= 0.6 is 0 Å². The van der Waals surface area contributed by atoms with Gasteiger partial charge in [-0.15, -0.1) is 36.4 Å². The topological polar surface area (TPSA) is 40.6 Å². The van der Waals surface area contributed by atoms with Crippen molar-refractivity contribution in [3.05, 3.63) is 262 Å². The summed E-state index contributed by atoms with van der Waals surface area (Å²) in [7, 11) is 0. The number of benzene rings is 6. The van der Waals surface area contributed by atoms with Crippen LogP contribution in [-0.4, -0.2) is 11.8 Å². The van der Waals surface area contributed by atoms with Crippen LogP contribution < -0.4 is 9.80 Å². The minimum atomic E-state index is -0.891. The number of nitrogens with zero attached hydrogens (tertiary/aromatic N) is 2. The van der Waals surface area contributed by atoms with E-state index in [1.807, 2.05) is 173 Å². The van der Waals surface area contributed by atoms with E-state index in [0.29, 0.717) is 11.1 Å². The van der Waals surface area contributed by atoms with Gasteiger partial charge in [0.1, 0.15) is 0 Å². The first-order chi connectivity index (χ1) is 29.9. The Morgan fingerprint density at radius 2 is 0.730 bits per heavy atom. The van der Waals surface area contributed by atoms with Crippen LogP contribution in [0.5, 0.6) is 0 Å². The summed E-state index contributed by atoms with van der Waals surface area (Å²) in [6.07, 6.45) is 0. The molecule has 2 amide bonds. The Bertz CT molecular complexity index is 2360. The Kier molecular flexibility index (Phi) is 19.3. The van der Waals surface area contributed by atoms with E-state index in [1.54, 1.807) is 24.3 Å². The van der Waals surface area contributed by atoms with Crippen molar-refractivity contribution < 1.29 is 48.9 Å². The molecule has 8 aromatic rings. The minimum absolute atomic E-state index is 0. The molecule has 0 bridgehead atoms. The fraction of sp³-hybridized carbons (Fsp3) is 0.111. The quantitative estimate of drug-likeness (QED) is 0.0867. The minimum Gasteiger partial charge on any atom is -0.355 e. The zero-order valence-electron chi connectivity index (χ0n) is 35.5. The van der Waals surface area contributed by atoms with Crippen LogP contribution in [0.15, 0.2) is 182 Å². The van der Waals surface area contributed by atoms with E-state index in [0.717, 1.165) is 45.5 Å². The monoisotopic (exact) mass is 878 g/mol. The van der Waals surface area contributed by atoms with Gasteiger partial charge in [-0.3, -0.25) is 9.59 Å². The van der Waals surface area contributed by atoms with Crippen molar-refractivity contribution in [3.63, 3.8) is 0 Å². The molecule has 8 rings (SSSR count). The summed E-state index contributed by atoms with van der Waals surface area (Å²) in [6, 6.07) is 58.1. The van der Waals surface area contributed by atoms with Gasteiger partial charge in [-0.05, 0) is 74.5 Å². The van der Waals surface area contributed by atoms with E-state index in [9.17, 15) is 27.2 Å². The zero-order valence-corrected chi connectivity index (χ0v) is 37.0. The fourth-order valence-electron chi connectivity index (χ4n) is 5.92. The second-order valence-corrected chi connectivity index (χ2v) is 14.4. The van der Waals surface area contributed by atoms with E-state index in [-0.39, 0.29) is 58.0 Å². The summed E-state index contributed by atoms with van der Waals surface area (Å²) in [6.45, 7) is 8.12. The van der Waals surface area contributed by atoms with Crippen molar-refractivity contribution in [1.29, 1.82) is 0 Å². The first-order valence-corrected chi connectivity index (χ1v) is 19.8. The van der Waals surface area contributed by atoms with Crippen LogP contribution in [-0.2, 0) is 34.8 Å². The van der Waals surface area contributed by atoms with Gasteiger partial charge in [0.2, 0.25) is 11.8 Å². The molecule has 0 N–H and O–H groups in total. The second-order valence-electron chi connectivity index (χ2n) is 14.4. The molecule has 0 unspecified atom stereocenters. The molecule has 0 fully saturated rings. The molecule has 0 aliphatic heterocycles. The first-order valence-electron chi connectivity index (χ1n) is 19.8. The summed E-state index contributed by atoms with van der Waals surface area (Å²) >= 11 is 0. The molecular formula is C54H46F4N2O2Ti. The Labute approximate surface area is 382 Å². The van der Waals surface area contributed by atoms with Gasteiger partial charge in [0, 0.05) is 47.5 Å². The fourth-order valence-corrected chi connectivity index (χ4v) is 5.92. The normalized spacial score (nSPS) is 10.0. The maximum atomic E-state index is 14.3. The second kappa shape index (κ2) is 24.7. The van der Waals surface area contributed by atoms with Crippen LogP contribution in [0.3, 0.4) is 0 Å². The molecule has 0 aromatic heterocycles. The molecule has 9 heteroatoms. The molecule has 0 aliphatic rings. The first kappa shape index (κ1) is 49.1. The Morgan fingerprint density at radius 1 is 0.444 bits per heavy atom. The third-order valence-corrected chi connectivity index (χ3v) is 9.39. The third-order valence-electron chi connectivity index (χ3n) is 9.39. The van der Waals surface area contributed by atoms with E-state index < -0.39 is 23.3 Å². The molecule has 0 atom stereocenters. The predicted octanol–water partition coefficient (Wildman–Crippen LogP) is 13.3. The number of hydrogen-bond acceptors (Lipinski definition) is 2. The summed E-state index contributed by atoms with van der Waals surface area (Å²) in [5.74, 6) is -4.10. The molecule has 316 valence electrons. The maximum Gasteiger partial charge on any atom is 4.00 e. The standard InChI is InChI=1S/2C22H18F2NO.2C5H5.Ti/c2*1-15-3-7-17(8-4-15)14-25(21-12-11-19(23)13-20(21)24)22(26)18-9-5-16(2)6-10-18;2*1-2-4-5-3-1;/h2*3-12H,14H2,1-2H3;2*1-5H;/q4*-1;+4. The van der Waals surface area contributed by atoms with Crippen molar-refractivity contribution in [2.75, 3.05) is 9.80 Å². The van der Waals surface area contributed by atoms with Crippen LogP contribution in [0, 0.1) is 63.1 Å². The number of amides is 2. The van der Waals surface area contributed by atoms with E-state index in [4.69, 9.17) is 0 Å². The van der Waals surface area contributed by atoms with Crippen molar-refractivity contribution in [2.24, 2.45) is 0 Å². The largest absolute Gasteiger partial charge is 4.00 e. The van der Waals surface area contributed by atoms with Gasteiger partial charge in [0.25, 0.3) is 0 Å². The third kappa shape index (κ3) is 15.4. The summed E-state index contributed by atoms with van der Waals surface area (Å²) in [5.41, 5.74) is 6.78. The summed E-state index contributed by atoms with van der Waals surface area (Å²) in [4.78, 5) is 28.6. The molecule has 0 aliphatic carbocycles. The predicted molar refractivity (Wildman–Crippen MR) is 240 cm³/mol. The van der Waals surface area contributed by atoms with Crippen molar-refractivity contribution in [3.8, 4) is 0 Å². The Hall–Kier alpha value is -6.61. The van der Waals surface area contributed by atoms with Gasteiger partial charge in [-0.2, -0.15) is 36.4 Å². The molecular weight excluding hydrogens is 832 g/mol. The maximum absolute atomic E-state index is 14.3. The van der Waals surface area contributed by atoms with Crippen LogP contribution in [0.25, 0.3) is 0 Å². The number of carbonyl (C=O) groups excluding carboxylic acids is 2. The average Bonchev–Trinajstić information content (AvgIpc) is 4.06. The molecule has 0 heterocycles. The molecule has 0 spiro atoms. The molecule has 0 saturated heterocycles. The molecule has 63 heavy (non-hydrogen) atoms. The number of anilines is 2. The van der Waals surface area contributed by atoms with Crippen molar-refractivity contribution in [1.82, 2.24) is 0 Å². The SMILES string of the molecule is Cc1ccc(CN(C(=O)c2ccc(C)cc2)c2ccc(F)[c-]c2F)cc1.Cc1ccc(CN(C(=O)c2ccc(C)cc2)c2ccc(F)[c-]c2F)cc1.[Ti+4].c1cc[cH-]c1.c1cc[cH-]c1. The van der Waals surface area contributed by atoms with Gasteiger partial charge in [0.05, 0.1) is 0 Å². The Balaban J connectivity index is 0.000000223.